The molecule has 1 aliphatic heterocycles. The van der Waals surface area contributed by atoms with Crippen molar-refractivity contribution in [1.82, 2.24) is 15.2 Å². The van der Waals surface area contributed by atoms with E-state index in [9.17, 15) is 14.4 Å². The minimum atomic E-state index is -0.732. The number of carbonyl (C=O) groups excluding carboxylic acids is 2. The predicted molar refractivity (Wildman–Crippen MR) is 176 cm³/mol. The Balaban J connectivity index is 1.42. The third kappa shape index (κ3) is 7.93. The van der Waals surface area contributed by atoms with E-state index >= 15 is 0 Å². The van der Waals surface area contributed by atoms with Crippen LogP contribution in [0.15, 0.2) is 47.3 Å². The van der Waals surface area contributed by atoms with Gasteiger partial charge in [0.15, 0.2) is 0 Å². The first-order chi connectivity index (χ1) is 21.6. The van der Waals surface area contributed by atoms with E-state index in [-0.39, 0.29) is 30.2 Å². The molecule has 5 rings (SSSR count). The number of pyridine rings is 1. The predicted octanol–water partition coefficient (Wildman–Crippen LogP) is 4.57. The number of amides is 2. The molecule has 1 saturated carbocycles. The van der Waals surface area contributed by atoms with E-state index < -0.39 is 6.09 Å². The van der Waals surface area contributed by atoms with E-state index in [1.807, 2.05) is 32.9 Å². The van der Waals surface area contributed by atoms with Crippen molar-refractivity contribution < 1.29 is 19.1 Å². The van der Waals surface area contributed by atoms with Gasteiger partial charge < -0.3 is 30.4 Å². The topological polar surface area (TPSA) is 130 Å². The van der Waals surface area contributed by atoms with E-state index in [0.717, 1.165) is 92.2 Å². The van der Waals surface area contributed by atoms with Crippen molar-refractivity contribution >= 4 is 17.7 Å². The van der Waals surface area contributed by atoms with Crippen LogP contribution in [-0.4, -0.2) is 67.4 Å². The Morgan fingerprint density at radius 2 is 1.71 bits per heavy atom. The van der Waals surface area contributed by atoms with Gasteiger partial charge in [0.1, 0.15) is 6.10 Å². The maximum Gasteiger partial charge on any atom is 0.404 e. The summed E-state index contributed by atoms with van der Waals surface area (Å²) in [5.74, 6) is -0.231. The van der Waals surface area contributed by atoms with Gasteiger partial charge in [0.25, 0.3) is 11.5 Å². The maximum atomic E-state index is 13.8. The molecule has 45 heavy (non-hydrogen) atoms. The summed E-state index contributed by atoms with van der Waals surface area (Å²) in [5.41, 5.74) is 12.8. The Morgan fingerprint density at radius 3 is 2.36 bits per heavy atom. The van der Waals surface area contributed by atoms with Gasteiger partial charge in [-0.15, -0.1) is 0 Å². The van der Waals surface area contributed by atoms with Gasteiger partial charge in [0.05, 0.1) is 13.2 Å². The number of benzene rings is 2. The van der Waals surface area contributed by atoms with Gasteiger partial charge in [0.2, 0.25) is 0 Å². The van der Waals surface area contributed by atoms with Crippen LogP contribution in [0.25, 0.3) is 11.1 Å². The van der Waals surface area contributed by atoms with Crippen LogP contribution in [-0.2, 0) is 22.6 Å². The smallest absolute Gasteiger partial charge is 0.404 e. The highest BCUT2D eigenvalue weighted by molar-refractivity contribution is 5.99. The molecule has 0 spiro atoms. The number of aromatic amines is 1. The van der Waals surface area contributed by atoms with E-state index in [4.69, 9.17) is 15.2 Å². The highest BCUT2D eigenvalue weighted by Gasteiger charge is 2.28. The van der Waals surface area contributed by atoms with Crippen LogP contribution in [0.5, 0.6) is 0 Å². The number of hydrogen-bond acceptors (Lipinski definition) is 7. The van der Waals surface area contributed by atoms with Crippen LogP contribution in [0.4, 0.5) is 10.5 Å². The molecule has 3 aromatic rings. The lowest BCUT2D eigenvalue weighted by Crippen LogP contribution is -2.38. The van der Waals surface area contributed by atoms with Gasteiger partial charge in [-0.2, -0.15) is 0 Å². The fourth-order valence-corrected chi connectivity index (χ4v) is 6.56. The molecule has 2 aromatic carbocycles. The second-order valence-electron chi connectivity index (χ2n) is 12.4. The number of morpholine rings is 1. The lowest BCUT2D eigenvalue weighted by Gasteiger charge is -2.36. The normalized spacial score (nSPS) is 18.8. The summed E-state index contributed by atoms with van der Waals surface area (Å²) < 4.78 is 10.7. The van der Waals surface area contributed by atoms with Gasteiger partial charge in [0, 0.05) is 61.8 Å². The maximum absolute atomic E-state index is 13.8. The molecule has 10 nitrogen and oxygen atoms in total. The third-order valence-corrected chi connectivity index (χ3v) is 9.20. The zero-order chi connectivity index (χ0) is 32.1. The van der Waals surface area contributed by atoms with Crippen LogP contribution in [0.3, 0.4) is 0 Å². The van der Waals surface area contributed by atoms with E-state index in [2.05, 4.69) is 57.5 Å². The Hall–Kier alpha value is -4.15. The second kappa shape index (κ2) is 14.3. The van der Waals surface area contributed by atoms with Crippen LogP contribution >= 0.6 is 0 Å². The summed E-state index contributed by atoms with van der Waals surface area (Å²) in [5, 5.41) is 3.01. The number of carbonyl (C=O) groups is 2. The number of aromatic nitrogens is 1. The minimum absolute atomic E-state index is 0.134. The molecule has 240 valence electrons. The standard InChI is InChI=1S/C35H45N5O5/c1-22-17-23(2)38-34(42)31(22)20-37-33(41)30-18-27(26-7-5-25(6-8-26)21-40-13-15-44-16-14-40)19-32(24(30)3)39(4)28-9-11-29(12-10-28)45-35(36)43/h5-8,17-19,28-29H,9-16,20-21H2,1-4H3,(H2,36,43)(H,37,41)(H,38,42). The molecule has 10 heteroatoms. The zero-order valence-electron chi connectivity index (χ0n) is 26.8. The number of hydrogen-bond donors (Lipinski definition) is 3. The van der Waals surface area contributed by atoms with Crippen LogP contribution in [0.1, 0.15) is 64.0 Å². The molecule has 0 atom stereocenters. The van der Waals surface area contributed by atoms with Gasteiger partial charge in [-0.1, -0.05) is 24.3 Å². The molecular formula is C35H45N5O5. The largest absolute Gasteiger partial charge is 0.446 e. The van der Waals surface area contributed by atoms with Gasteiger partial charge in [-0.05, 0) is 92.5 Å². The average molecular weight is 616 g/mol. The number of primary amides is 1. The average Bonchev–Trinajstić information content (AvgIpc) is 3.01. The fourth-order valence-electron chi connectivity index (χ4n) is 6.56. The highest BCUT2D eigenvalue weighted by atomic mass is 16.6. The van der Waals surface area contributed by atoms with E-state index in [0.29, 0.717) is 11.1 Å². The van der Waals surface area contributed by atoms with Crippen molar-refractivity contribution in [2.75, 3.05) is 38.3 Å². The number of rotatable bonds is 9. The molecule has 0 radical (unpaired) electrons. The molecule has 1 saturated heterocycles. The van der Waals surface area contributed by atoms with E-state index in [1.165, 1.54) is 5.56 Å². The number of aryl methyl sites for hydroxylation is 2. The molecule has 1 aromatic heterocycles. The Bertz CT molecular complexity index is 1570. The Morgan fingerprint density at radius 1 is 1.02 bits per heavy atom. The van der Waals surface area contributed by atoms with Crippen molar-refractivity contribution in [3.63, 3.8) is 0 Å². The number of nitrogens with two attached hydrogens (primary N) is 1. The minimum Gasteiger partial charge on any atom is -0.446 e. The first kappa shape index (κ1) is 32.2. The Labute approximate surface area is 264 Å². The van der Waals surface area contributed by atoms with Gasteiger partial charge in [-0.3, -0.25) is 14.5 Å². The molecule has 2 amide bonds. The first-order valence-electron chi connectivity index (χ1n) is 15.8. The first-order valence-corrected chi connectivity index (χ1v) is 15.8. The number of nitrogens with zero attached hydrogens (tertiary/aromatic N) is 2. The second-order valence-corrected chi connectivity index (χ2v) is 12.4. The molecular weight excluding hydrogens is 570 g/mol. The summed E-state index contributed by atoms with van der Waals surface area (Å²) in [4.78, 5) is 45.1. The molecule has 2 fully saturated rings. The third-order valence-electron chi connectivity index (χ3n) is 9.20. The van der Waals surface area contributed by atoms with Crippen molar-refractivity contribution in [3.8, 4) is 11.1 Å². The molecule has 1 aliphatic carbocycles. The number of ether oxygens (including phenoxy) is 2. The fraction of sp³-hybridized carbons (Fsp3) is 0.457. The summed E-state index contributed by atoms with van der Waals surface area (Å²) in [6, 6.07) is 14.8. The number of anilines is 1. The summed E-state index contributed by atoms with van der Waals surface area (Å²) in [7, 11) is 2.06. The summed E-state index contributed by atoms with van der Waals surface area (Å²) >= 11 is 0. The lowest BCUT2D eigenvalue weighted by molar-refractivity contribution is 0.0342. The number of H-pyrrole nitrogens is 1. The quantitative estimate of drug-likeness (QED) is 0.322. The van der Waals surface area contributed by atoms with Crippen LogP contribution < -0.4 is 21.5 Å². The molecule has 0 bridgehead atoms. The highest BCUT2D eigenvalue weighted by Crippen LogP contribution is 2.35. The summed E-state index contributed by atoms with van der Waals surface area (Å²) in [6.07, 6.45) is 2.25. The SMILES string of the molecule is Cc1cc(C)c(CNC(=O)c2cc(-c3ccc(CN4CCOCC4)cc3)cc(N(C)C3CCC(OC(N)=O)CC3)c2C)c(=O)[nH]1. The molecule has 2 heterocycles. The van der Waals surface area contributed by atoms with Crippen molar-refractivity contribution in [1.29, 1.82) is 0 Å². The van der Waals surface area contributed by atoms with Crippen molar-refractivity contribution in [3.05, 3.63) is 86.3 Å². The van der Waals surface area contributed by atoms with E-state index in [1.54, 1.807) is 0 Å². The summed E-state index contributed by atoms with van der Waals surface area (Å²) in [6.45, 7) is 10.1. The van der Waals surface area contributed by atoms with Crippen molar-refractivity contribution in [2.24, 2.45) is 5.73 Å². The van der Waals surface area contributed by atoms with Crippen LogP contribution in [0, 0.1) is 20.8 Å². The lowest BCUT2D eigenvalue weighted by atomic mass is 9.90. The molecule has 4 N–H and O–H groups in total. The van der Waals surface area contributed by atoms with Crippen LogP contribution in [0.2, 0.25) is 0 Å². The number of nitrogens with one attached hydrogen (secondary N) is 2. The zero-order valence-corrected chi connectivity index (χ0v) is 26.8. The molecule has 0 unspecified atom stereocenters. The van der Waals surface area contributed by atoms with Gasteiger partial charge >= 0.3 is 6.09 Å². The monoisotopic (exact) mass is 615 g/mol. The van der Waals surface area contributed by atoms with Crippen molar-refractivity contribution in [2.45, 2.75) is 71.7 Å². The molecule has 2 aliphatic rings. The Kier molecular flexibility index (Phi) is 10.2. The van der Waals surface area contributed by atoms with Gasteiger partial charge in [-0.25, -0.2) is 4.79 Å².